The first-order valence-corrected chi connectivity index (χ1v) is 3.53. The summed E-state index contributed by atoms with van der Waals surface area (Å²) in [6.07, 6.45) is 1.29. The van der Waals surface area contributed by atoms with Crippen molar-refractivity contribution in [3.63, 3.8) is 0 Å². The summed E-state index contributed by atoms with van der Waals surface area (Å²) in [6.45, 7) is 3.63. The molecule has 0 saturated carbocycles. The first kappa shape index (κ1) is 10.7. The lowest BCUT2D eigenvalue weighted by Crippen LogP contribution is -2.38. The lowest BCUT2D eigenvalue weighted by Gasteiger charge is -2.16. The minimum atomic E-state index is -0.587. The Morgan fingerprint density at radius 1 is 1.58 bits per heavy atom. The summed E-state index contributed by atoms with van der Waals surface area (Å²) in [6, 6.07) is -0.587. The lowest BCUT2D eigenvalue weighted by atomic mass is 10.1. The zero-order chi connectivity index (χ0) is 9.56. The number of hydrazone groups is 1. The topological polar surface area (TPSA) is 67.8 Å². The molecule has 0 spiro atoms. The molecule has 1 unspecified atom stereocenters. The van der Waals surface area contributed by atoms with Crippen molar-refractivity contribution in [3.8, 4) is 0 Å². The Balaban J connectivity index is 4.22. The van der Waals surface area contributed by atoms with Crippen molar-refractivity contribution in [1.29, 1.82) is 0 Å². The smallest absolute Gasteiger partial charge is 0.330 e. The van der Waals surface area contributed by atoms with Crippen molar-refractivity contribution in [2.45, 2.75) is 19.9 Å². The third-order valence-corrected chi connectivity index (χ3v) is 1.37. The fourth-order valence-electron chi connectivity index (χ4n) is 0.697. The highest BCUT2D eigenvalue weighted by Crippen LogP contribution is 2.02. The molecule has 1 N–H and O–H groups in total. The van der Waals surface area contributed by atoms with Crippen LogP contribution in [0.15, 0.2) is 5.10 Å². The van der Waals surface area contributed by atoms with Crippen molar-refractivity contribution in [3.05, 3.63) is 0 Å². The fraction of sp³-hybridized carbons (Fsp3) is 0.714. The Kier molecular flexibility index (Phi) is 4.72. The number of methoxy groups -OCH3 is 1. The van der Waals surface area contributed by atoms with Gasteiger partial charge in [-0.2, -0.15) is 0 Å². The minimum absolute atomic E-state index is 0.00884. The van der Waals surface area contributed by atoms with Crippen molar-refractivity contribution < 1.29 is 14.3 Å². The van der Waals surface area contributed by atoms with Crippen LogP contribution in [-0.2, 0) is 14.3 Å². The van der Waals surface area contributed by atoms with Gasteiger partial charge in [0.2, 0.25) is 0 Å². The number of isocyanates is 1. The van der Waals surface area contributed by atoms with Gasteiger partial charge in [-0.25, -0.2) is 9.59 Å². The van der Waals surface area contributed by atoms with Gasteiger partial charge in [0, 0.05) is 0 Å². The van der Waals surface area contributed by atoms with Crippen LogP contribution in [-0.4, -0.2) is 25.2 Å². The van der Waals surface area contributed by atoms with Crippen LogP contribution in [0.3, 0.4) is 0 Å². The van der Waals surface area contributed by atoms with Gasteiger partial charge in [-0.15, -0.1) is 0 Å². The molecule has 0 aliphatic heterocycles. The van der Waals surface area contributed by atoms with E-state index in [0.29, 0.717) is 0 Å². The molecule has 5 heteroatoms. The van der Waals surface area contributed by atoms with E-state index in [1.54, 1.807) is 0 Å². The summed E-state index contributed by atoms with van der Waals surface area (Å²) in [7, 11) is 1.28. The normalized spacial score (nSPS) is 11.7. The van der Waals surface area contributed by atoms with Crippen molar-refractivity contribution >= 4 is 12.0 Å². The molecular weight excluding hydrogens is 160 g/mol. The lowest BCUT2D eigenvalue weighted by molar-refractivity contribution is -0.144. The first-order chi connectivity index (χ1) is 5.63. The fourth-order valence-corrected chi connectivity index (χ4v) is 0.697. The van der Waals surface area contributed by atoms with Gasteiger partial charge >= 0.3 is 5.97 Å². The standard InChI is InChI=1S/C7H12N2O3/c1-5(2)6(7(11)12-3)9-8-4-10/h5-6,9H,1-3H3. The predicted octanol–water partition coefficient (Wildman–Crippen LogP) is 0.0244. The third kappa shape index (κ3) is 3.16. The monoisotopic (exact) mass is 172 g/mol. The number of carbonyl (C=O) groups is 1. The van der Waals surface area contributed by atoms with Crippen LogP contribution in [0.4, 0.5) is 0 Å². The van der Waals surface area contributed by atoms with Gasteiger partial charge in [0.05, 0.1) is 7.11 Å². The summed E-state index contributed by atoms with van der Waals surface area (Å²) < 4.78 is 4.48. The Morgan fingerprint density at radius 3 is 2.50 bits per heavy atom. The van der Waals surface area contributed by atoms with Crippen molar-refractivity contribution in [2.75, 3.05) is 7.11 Å². The molecule has 1 atom stereocenters. The molecule has 0 aromatic heterocycles. The van der Waals surface area contributed by atoms with Crippen LogP contribution in [0.2, 0.25) is 0 Å². The Hall–Kier alpha value is -1.35. The average Bonchev–Trinajstić information content (AvgIpc) is 2.04. The largest absolute Gasteiger partial charge is 0.467 e. The maximum atomic E-state index is 11.0. The third-order valence-electron chi connectivity index (χ3n) is 1.37. The number of hydrogen-bond donors (Lipinski definition) is 1. The van der Waals surface area contributed by atoms with E-state index in [1.165, 1.54) is 13.2 Å². The molecule has 0 aliphatic carbocycles. The molecule has 0 bridgehead atoms. The molecule has 5 nitrogen and oxygen atoms in total. The van der Waals surface area contributed by atoms with E-state index in [1.807, 2.05) is 13.8 Å². The van der Waals surface area contributed by atoms with Crippen LogP contribution in [0.5, 0.6) is 0 Å². The maximum Gasteiger partial charge on any atom is 0.330 e. The summed E-state index contributed by atoms with van der Waals surface area (Å²) in [4.78, 5) is 20.7. The highest BCUT2D eigenvalue weighted by Gasteiger charge is 2.21. The van der Waals surface area contributed by atoms with E-state index in [9.17, 15) is 9.59 Å². The molecule has 0 radical (unpaired) electrons. The number of rotatable bonds is 4. The Bertz CT molecular complexity index is 197. The van der Waals surface area contributed by atoms with Crippen LogP contribution in [0.1, 0.15) is 13.8 Å². The molecule has 12 heavy (non-hydrogen) atoms. The van der Waals surface area contributed by atoms with Gasteiger partial charge in [-0.3, -0.25) is 5.43 Å². The van der Waals surface area contributed by atoms with Crippen LogP contribution < -0.4 is 5.43 Å². The van der Waals surface area contributed by atoms with Crippen LogP contribution in [0, 0.1) is 5.92 Å². The van der Waals surface area contributed by atoms with E-state index in [4.69, 9.17) is 0 Å². The van der Waals surface area contributed by atoms with Gasteiger partial charge in [0.15, 0.2) is 0 Å². The van der Waals surface area contributed by atoms with Crippen molar-refractivity contribution in [2.24, 2.45) is 11.0 Å². The molecule has 0 amide bonds. The molecule has 0 rings (SSSR count). The predicted molar refractivity (Wildman–Crippen MR) is 41.9 cm³/mol. The first-order valence-electron chi connectivity index (χ1n) is 3.53. The van der Waals surface area contributed by atoms with Crippen molar-refractivity contribution in [1.82, 2.24) is 5.43 Å². The van der Waals surface area contributed by atoms with Gasteiger partial charge in [0.1, 0.15) is 6.04 Å². The van der Waals surface area contributed by atoms with Gasteiger partial charge < -0.3 is 4.74 Å². The van der Waals surface area contributed by atoms with E-state index in [2.05, 4.69) is 15.3 Å². The van der Waals surface area contributed by atoms with E-state index >= 15 is 0 Å². The molecule has 0 saturated heterocycles. The van der Waals surface area contributed by atoms with Gasteiger partial charge in [0.25, 0.3) is 6.08 Å². The molecular formula is C7H12N2O3. The summed E-state index contributed by atoms with van der Waals surface area (Å²) >= 11 is 0. The summed E-state index contributed by atoms with van der Waals surface area (Å²) in [5.41, 5.74) is 2.35. The van der Waals surface area contributed by atoms with Crippen LogP contribution >= 0.6 is 0 Å². The molecule has 0 heterocycles. The SMILES string of the molecule is COC(=O)C(NN=C=O)C(C)C. The minimum Gasteiger partial charge on any atom is -0.467 e. The zero-order valence-corrected chi connectivity index (χ0v) is 7.33. The highest BCUT2D eigenvalue weighted by atomic mass is 16.5. The Morgan fingerprint density at radius 2 is 2.17 bits per heavy atom. The number of esters is 1. The van der Waals surface area contributed by atoms with Gasteiger partial charge in [-0.05, 0) is 5.92 Å². The number of carbonyl (C=O) groups excluding carboxylic acids is 2. The molecule has 0 aromatic rings. The van der Waals surface area contributed by atoms with E-state index in [0.717, 1.165) is 0 Å². The summed E-state index contributed by atoms with van der Waals surface area (Å²) in [5.74, 6) is -0.432. The maximum absolute atomic E-state index is 11.0. The number of hydrogen-bond acceptors (Lipinski definition) is 5. The van der Waals surface area contributed by atoms with Crippen LogP contribution in [0.25, 0.3) is 0 Å². The number of nitrogens with one attached hydrogen (secondary N) is 1. The zero-order valence-electron chi connectivity index (χ0n) is 7.33. The number of ether oxygens (including phenoxy) is 1. The Labute approximate surface area is 70.8 Å². The second-order valence-corrected chi connectivity index (χ2v) is 2.58. The van der Waals surface area contributed by atoms with Gasteiger partial charge in [-0.1, -0.05) is 18.9 Å². The molecule has 0 aromatic carbocycles. The quantitative estimate of drug-likeness (QED) is 0.281. The average molecular weight is 172 g/mol. The van der Waals surface area contributed by atoms with E-state index < -0.39 is 12.0 Å². The molecule has 0 aliphatic rings. The summed E-state index contributed by atoms with van der Waals surface area (Å²) in [5, 5.41) is 3.11. The molecule has 0 fully saturated rings. The second kappa shape index (κ2) is 5.32. The number of nitrogens with zero attached hydrogens (tertiary/aromatic N) is 1. The molecule has 68 valence electrons. The second-order valence-electron chi connectivity index (χ2n) is 2.58. The van der Waals surface area contributed by atoms with E-state index in [-0.39, 0.29) is 5.92 Å². The highest BCUT2D eigenvalue weighted by molar-refractivity contribution is 5.75.